The van der Waals surface area contributed by atoms with Crippen molar-refractivity contribution in [2.75, 3.05) is 51.2 Å². The molecule has 1 unspecified atom stereocenters. The van der Waals surface area contributed by atoms with E-state index in [1.807, 2.05) is 38.4 Å². The normalized spacial score (nSPS) is 17.6. The summed E-state index contributed by atoms with van der Waals surface area (Å²) in [5, 5.41) is 0. The maximum absolute atomic E-state index is 12.2. The molecule has 0 aliphatic carbocycles. The minimum absolute atomic E-state index is 0.0901. The van der Waals surface area contributed by atoms with Gasteiger partial charge in [0.2, 0.25) is 5.91 Å². The van der Waals surface area contributed by atoms with Gasteiger partial charge in [0.05, 0.1) is 6.54 Å². The van der Waals surface area contributed by atoms with Crippen LogP contribution in [-0.4, -0.2) is 73.0 Å². The van der Waals surface area contributed by atoms with Crippen molar-refractivity contribution in [3.8, 4) is 0 Å². The Morgan fingerprint density at radius 2 is 2.10 bits per heavy atom. The van der Waals surface area contributed by atoms with E-state index in [1.54, 1.807) is 4.90 Å². The molecule has 116 valence electrons. The highest BCUT2D eigenvalue weighted by Crippen LogP contribution is 2.12. The van der Waals surface area contributed by atoms with Gasteiger partial charge in [0, 0.05) is 52.0 Å². The Hall–Kier alpha value is -1.66. The first-order chi connectivity index (χ1) is 10.1. The third kappa shape index (κ3) is 4.15. The second kappa shape index (κ2) is 7.38. The van der Waals surface area contributed by atoms with Gasteiger partial charge in [0.1, 0.15) is 5.82 Å². The first kappa shape index (κ1) is 15.7. The Morgan fingerprint density at radius 1 is 1.38 bits per heavy atom. The van der Waals surface area contributed by atoms with Crippen molar-refractivity contribution in [2.45, 2.75) is 13.0 Å². The van der Waals surface area contributed by atoms with Crippen molar-refractivity contribution < 1.29 is 4.79 Å². The molecule has 0 radical (unpaired) electrons. The number of pyridine rings is 1. The van der Waals surface area contributed by atoms with Gasteiger partial charge in [-0.2, -0.15) is 0 Å². The van der Waals surface area contributed by atoms with E-state index in [1.165, 1.54) is 0 Å². The van der Waals surface area contributed by atoms with E-state index >= 15 is 0 Å². The molecule has 6 heteroatoms. The summed E-state index contributed by atoms with van der Waals surface area (Å²) in [7, 11) is 1.82. The summed E-state index contributed by atoms with van der Waals surface area (Å²) >= 11 is 0. The molecule has 1 amide bonds. The van der Waals surface area contributed by atoms with E-state index in [0.29, 0.717) is 13.1 Å². The number of hydrogen-bond donors (Lipinski definition) is 1. The molecule has 1 aromatic rings. The van der Waals surface area contributed by atoms with Crippen LogP contribution in [0.3, 0.4) is 0 Å². The van der Waals surface area contributed by atoms with Gasteiger partial charge >= 0.3 is 0 Å². The van der Waals surface area contributed by atoms with Gasteiger partial charge in [0.25, 0.3) is 0 Å². The lowest BCUT2D eigenvalue weighted by Gasteiger charge is -2.36. The SMILES string of the molecule is CC(CN)N(C)C(=O)CN1CCN(c2ccccn2)CC1. The van der Waals surface area contributed by atoms with Crippen molar-refractivity contribution in [1.29, 1.82) is 0 Å². The lowest BCUT2D eigenvalue weighted by Crippen LogP contribution is -2.51. The number of piperazine rings is 1. The number of anilines is 1. The van der Waals surface area contributed by atoms with Crippen molar-refractivity contribution in [3.05, 3.63) is 24.4 Å². The van der Waals surface area contributed by atoms with Crippen LogP contribution in [0.5, 0.6) is 0 Å². The van der Waals surface area contributed by atoms with Crippen molar-refractivity contribution in [2.24, 2.45) is 5.73 Å². The standard InChI is InChI=1S/C15H25N5O/c1-13(11-16)18(2)15(21)12-19-7-9-20(10-8-19)14-5-3-4-6-17-14/h3-6,13H,7-12,16H2,1-2H3. The van der Waals surface area contributed by atoms with E-state index in [-0.39, 0.29) is 11.9 Å². The van der Waals surface area contributed by atoms with Gasteiger partial charge in [-0.15, -0.1) is 0 Å². The van der Waals surface area contributed by atoms with Gasteiger partial charge in [-0.3, -0.25) is 9.69 Å². The van der Waals surface area contributed by atoms with Crippen LogP contribution < -0.4 is 10.6 Å². The number of aromatic nitrogens is 1. The molecule has 0 bridgehead atoms. The van der Waals surface area contributed by atoms with Gasteiger partial charge < -0.3 is 15.5 Å². The molecular formula is C15H25N5O. The Labute approximate surface area is 126 Å². The average molecular weight is 291 g/mol. The molecule has 6 nitrogen and oxygen atoms in total. The second-order valence-electron chi connectivity index (χ2n) is 5.54. The second-order valence-corrected chi connectivity index (χ2v) is 5.54. The fourth-order valence-electron chi connectivity index (χ4n) is 2.38. The van der Waals surface area contributed by atoms with E-state index in [2.05, 4.69) is 14.8 Å². The summed E-state index contributed by atoms with van der Waals surface area (Å²) in [6.45, 7) is 6.50. The lowest BCUT2D eigenvalue weighted by atomic mass is 10.2. The Balaban J connectivity index is 1.80. The Morgan fingerprint density at radius 3 is 2.67 bits per heavy atom. The van der Waals surface area contributed by atoms with Crippen molar-refractivity contribution in [1.82, 2.24) is 14.8 Å². The first-order valence-corrected chi connectivity index (χ1v) is 7.46. The summed E-state index contributed by atoms with van der Waals surface area (Å²) in [6.07, 6.45) is 1.81. The van der Waals surface area contributed by atoms with E-state index < -0.39 is 0 Å². The number of rotatable bonds is 5. The molecule has 0 saturated carbocycles. The van der Waals surface area contributed by atoms with Gasteiger partial charge in [-0.1, -0.05) is 6.07 Å². The maximum Gasteiger partial charge on any atom is 0.236 e. The molecule has 0 spiro atoms. The van der Waals surface area contributed by atoms with Crippen LogP contribution >= 0.6 is 0 Å². The predicted octanol–water partition coefficient (Wildman–Crippen LogP) is 0.00920. The van der Waals surface area contributed by atoms with Crippen LogP contribution in [0, 0.1) is 0 Å². The summed E-state index contributed by atoms with van der Waals surface area (Å²) in [6, 6.07) is 6.04. The Bertz CT molecular complexity index is 445. The molecule has 1 saturated heterocycles. The topological polar surface area (TPSA) is 65.7 Å². The largest absolute Gasteiger partial charge is 0.354 e. The number of carbonyl (C=O) groups is 1. The molecule has 0 aromatic carbocycles. The first-order valence-electron chi connectivity index (χ1n) is 7.46. The smallest absolute Gasteiger partial charge is 0.236 e. The zero-order valence-corrected chi connectivity index (χ0v) is 12.9. The highest BCUT2D eigenvalue weighted by molar-refractivity contribution is 5.78. The zero-order valence-electron chi connectivity index (χ0n) is 12.9. The fourth-order valence-corrected chi connectivity index (χ4v) is 2.38. The third-order valence-electron chi connectivity index (χ3n) is 4.10. The Kier molecular flexibility index (Phi) is 5.52. The molecule has 1 fully saturated rings. The van der Waals surface area contributed by atoms with E-state index in [0.717, 1.165) is 32.0 Å². The highest BCUT2D eigenvalue weighted by atomic mass is 16.2. The van der Waals surface area contributed by atoms with Crippen LogP contribution in [0.4, 0.5) is 5.82 Å². The average Bonchev–Trinajstić information content (AvgIpc) is 2.54. The van der Waals surface area contributed by atoms with Crippen LogP contribution in [0.25, 0.3) is 0 Å². The number of carbonyl (C=O) groups excluding carboxylic acids is 1. The summed E-state index contributed by atoms with van der Waals surface area (Å²) < 4.78 is 0. The molecule has 1 aliphatic heterocycles. The van der Waals surface area contributed by atoms with Crippen LogP contribution in [0.15, 0.2) is 24.4 Å². The summed E-state index contributed by atoms with van der Waals surface area (Å²) in [4.78, 5) is 22.7. The molecule has 2 heterocycles. The monoisotopic (exact) mass is 291 g/mol. The summed E-state index contributed by atoms with van der Waals surface area (Å²) in [5.41, 5.74) is 5.61. The van der Waals surface area contributed by atoms with Crippen LogP contribution in [0.2, 0.25) is 0 Å². The van der Waals surface area contributed by atoms with Gasteiger partial charge in [0.15, 0.2) is 0 Å². The fraction of sp³-hybridized carbons (Fsp3) is 0.600. The molecular weight excluding hydrogens is 266 g/mol. The highest BCUT2D eigenvalue weighted by Gasteiger charge is 2.22. The summed E-state index contributed by atoms with van der Waals surface area (Å²) in [5.74, 6) is 1.15. The minimum Gasteiger partial charge on any atom is -0.354 e. The predicted molar refractivity (Wildman–Crippen MR) is 84.2 cm³/mol. The molecule has 21 heavy (non-hydrogen) atoms. The zero-order chi connectivity index (χ0) is 15.2. The maximum atomic E-state index is 12.2. The van der Waals surface area contributed by atoms with Crippen molar-refractivity contribution >= 4 is 11.7 Å². The lowest BCUT2D eigenvalue weighted by molar-refractivity contribution is -0.132. The quantitative estimate of drug-likeness (QED) is 0.828. The third-order valence-corrected chi connectivity index (χ3v) is 4.10. The molecule has 2 N–H and O–H groups in total. The number of nitrogens with two attached hydrogens (primary N) is 1. The molecule has 1 aromatic heterocycles. The molecule has 1 aliphatic rings. The van der Waals surface area contributed by atoms with E-state index in [4.69, 9.17) is 5.73 Å². The number of amides is 1. The molecule has 1 atom stereocenters. The van der Waals surface area contributed by atoms with Gasteiger partial charge in [-0.25, -0.2) is 4.98 Å². The molecule has 2 rings (SSSR count). The van der Waals surface area contributed by atoms with Crippen LogP contribution in [-0.2, 0) is 4.79 Å². The van der Waals surface area contributed by atoms with Crippen molar-refractivity contribution in [3.63, 3.8) is 0 Å². The number of likely N-dealkylation sites (N-methyl/N-ethyl adjacent to an activating group) is 1. The van der Waals surface area contributed by atoms with Gasteiger partial charge in [-0.05, 0) is 19.1 Å². The number of nitrogens with zero attached hydrogens (tertiary/aromatic N) is 4. The van der Waals surface area contributed by atoms with Crippen LogP contribution in [0.1, 0.15) is 6.92 Å². The van der Waals surface area contributed by atoms with E-state index in [9.17, 15) is 4.79 Å². The minimum atomic E-state index is 0.0901. The number of hydrogen-bond acceptors (Lipinski definition) is 5.